The number of hydrazine groups is 2. The number of nitrogens with zero attached hydrogens (tertiary/aromatic N) is 3. The number of nitrogens with two attached hydrogens (primary N) is 3. The molecule has 1 amide bonds. The van der Waals surface area contributed by atoms with E-state index < -0.39 is 0 Å². The van der Waals surface area contributed by atoms with Crippen molar-refractivity contribution >= 4 is 23.2 Å². The highest BCUT2D eigenvalue weighted by Crippen LogP contribution is 2.25. The maximum absolute atomic E-state index is 12.2. The molecule has 0 aliphatic carbocycles. The summed E-state index contributed by atoms with van der Waals surface area (Å²) in [7, 11) is 3.95. The lowest BCUT2D eigenvalue weighted by Crippen LogP contribution is -2.31. The number of carbonyl (C=O) groups is 1. The van der Waals surface area contributed by atoms with Crippen LogP contribution in [-0.2, 0) is 13.0 Å². The van der Waals surface area contributed by atoms with E-state index in [0.29, 0.717) is 48.9 Å². The Labute approximate surface area is 182 Å². The van der Waals surface area contributed by atoms with Gasteiger partial charge in [-0.3, -0.25) is 4.79 Å². The Kier molecular flexibility index (Phi) is 7.29. The molecule has 0 unspecified atom stereocenters. The number of benzene rings is 1. The fourth-order valence-electron chi connectivity index (χ4n) is 3.31. The summed E-state index contributed by atoms with van der Waals surface area (Å²) in [5, 5.41) is 4.94. The monoisotopic (exact) mass is 425 g/mol. The first kappa shape index (κ1) is 22.3. The van der Waals surface area contributed by atoms with E-state index in [1.165, 1.54) is 0 Å². The molecule has 0 saturated heterocycles. The fraction of sp³-hybridized carbons (Fsp3) is 0.333. The minimum Gasteiger partial charge on any atom is -0.395 e. The van der Waals surface area contributed by atoms with Crippen molar-refractivity contribution in [1.82, 2.24) is 25.6 Å². The third kappa shape index (κ3) is 6.07. The molecule has 0 atom stereocenters. The van der Waals surface area contributed by atoms with Crippen molar-refractivity contribution in [2.45, 2.75) is 13.0 Å². The van der Waals surface area contributed by atoms with E-state index in [1.807, 2.05) is 48.3 Å². The first-order chi connectivity index (χ1) is 14.9. The van der Waals surface area contributed by atoms with Gasteiger partial charge in [0.15, 0.2) is 5.82 Å². The zero-order valence-corrected chi connectivity index (χ0v) is 18.0. The number of hydrogen-bond donors (Lipinski definition) is 6. The number of amides is 1. The Morgan fingerprint density at radius 3 is 2.68 bits per heavy atom. The molecule has 1 aromatic carbocycles. The molecule has 1 aliphatic heterocycles. The van der Waals surface area contributed by atoms with Gasteiger partial charge in [-0.2, -0.15) is 0 Å². The van der Waals surface area contributed by atoms with Crippen LogP contribution in [0.2, 0.25) is 0 Å². The van der Waals surface area contributed by atoms with Crippen molar-refractivity contribution in [2.24, 2.45) is 5.84 Å². The zero-order chi connectivity index (χ0) is 22.4. The Morgan fingerprint density at radius 1 is 1.26 bits per heavy atom. The molecule has 9 N–H and O–H groups in total. The van der Waals surface area contributed by atoms with Gasteiger partial charge < -0.3 is 32.1 Å². The smallest absolute Gasteiger partial charge is 0.251 e. The van der Waals surface area contributed by atoms with Crippen molar-refractivity contribution < 1.29 is 4.79 Å². The third-order valence-corrected chi connectivity index (χ3v) is 4.98. The molecule has 0 bridgehead atoms. The van der Waals surface area contributed by atoms with Crippen LogP contribution in [0, 0.1) is 0 Å². The van der Waals surface area contributed by atoms with Crippen LogP contribution in [0.4, 0.5) is 17.3 Å². The van der Waals surface area contributed by atoms with E-state index in [0.717, 1.165) is 23.2 Å². The van der Waals surface area contributed by atoms with E-state index in [4.69, 9.17) is 17.3 Å². The van der Waals surface area contributed by atoms with E-state index in [1.54, 1.807) is 6.07 Å². The van der Waals surface area contributed by atoms with E-state index in [9.17, 15) is 4.79 Å². The summed E-state index contributed by atoms with van der Waals surface area (Å²) in [6.07, 6.45) is 2.70. The van der Waals surface area contributed by atoms with Gasteiger partial charge in [-0.05, 0) is 55.4 Å². The van der Waals surface area contributed by atoms with Crippen molar-refractivity contribution in [3.05, 3.63) is 58.8 Å². The molecule has 3 rings (SSSR count). The second kappa shape index (κ2) is 10.1. The third-order valence-electron chi connectivity index (χ3n) is 4.98. The number of aromatic nitrogens is 1. The molecular weight excluding hydrogens is 394 g/mol. The Balaban J connectivity index is 1.57. The second-order valence-electron chi connectivity index (χ2n) is 7.80. The van der Waals surface area contributed by atoms with Crippen molar-refractivity contribution in [2.75, 3.05) is 50.6 Å². The van der Waals surface area contributed by atoms with Crippen molar-refractivity contribution in [1.29, 1.82) is 0 Å². The van der Waals surface area contributed by atoms with Crippen LogP contribution in [0.25, 0.3) is 0 Å². The molecule has 1 aliphatic rings. The highest BCUT2D eigenvalue weighted by atomic mass is 16.1. The van der Waals surface area contributed by atoms with E-state index in [-0.39, 0.29) is 5.91 Å². The number of pyridine rings is 1. The molecule has 10 heteroatoms. The number of anilines is 3. The zero-order valence-electron chi connectivity index (χ0n) is 18.0. The molecule has 31 heavy (non-hydrogen) atoms. The number of carbonyl (C=O) groups excluding carboxylic acids is 1. The SMILES string of the molecule is CN(C)CCNC(=O)c1ccc(CN2C=C(Cc3cc(N)nc(NN)c3N)CN2)cc1. The lowest BCUT2D eigenvalue weighted by molar-refractivity contribution is 0.0951. The predicted octanol–water partition coefficient (Wildman–Crippen LogP) is 0.270. The lowest BCUT2D eigenvalue weighted by atomic mass is 10.1. The maximum Gasteiger partial charge on any atom is 0.251 e. The van der Waals surface area contributed by atoms with Gasteiger partial charge in [0.1, 0.15) is 5.82 Å². The minimum atomic E-state index is -0.0598. The Morgan fingerprint density at radius 2 is 2.00 bits per heavy atom. The maximum atomic E-state index is 12.2. The molecule has 2 heterocycles. The lowest BCUT2D eigenvalue weighted by Gasteiger charge is -2.16. The molecule has 0 saturated carbocycles. The van der Waals surface area contributed by atoms with Crippen LogP contribution >= 0.6 is 0 Å². The minimum absolute atomic E-state index is 0.0598. The molecule has 166 valence electrons. The molecule has 2 aromatic rings. The van der Waals surface area contributed by atoms with Crippen LogP contribution in [0.3, 0.4) is 0 Å². The highest BCUT2D eigenvalue weighted by molar-refractivity contribution is 5.94. The molecule has 1 aromatic heterocycles. The Hall–Kier alpha value is -3.34. The predicted molar refractivity (Wildman–Crippen MR) is 124 cm³/mol. The first-order valence-electron chi connectivity index (χ1n) is 10.1. The highest BCUT2D eigenvalue weighted by Gasteiger charge is 2.16. The van der Waals surface area contributed by atoms with Gasteiger partial charge in [-0.25, -0.2) is 16.3 Å². The van der Waals surface area contributed by atoms with Gasteiger partial charge in [0.25, 0.3) is 5.91 Å². The van der Waals surface area contributed by atoms with Crippen LogP contribution in [-0.4, -0.2) is 54.5 Å². The molecule has 0 fully saturated rings. The van der Waals surface area contributed by atoms with E-state index in [2.05, 4.69) is 27.4 Å². The first-order valence-corrected chi connectivity index (χ1v) is 10.1. The van der Waals surface area contributed by atoms with Crippen molar-refractivity contribution in [3.8, 4) is 0 Å². The van der Waals surface area contributed by atoms with E-state index >= 15 is 0 Å². The largest absolute Gasteiger partial charge is 0.395 e. The normalized spacial score (nSPS) is 13.4. The molecular formula is C21H31N9O. The van der Waals surface area contributed by atoms with Crippen molar-refractivity contribution in [3.63, 3.8) is 0 Å². The standard InChI is InChI=1S/C21H31N9O/c1-29(2)8-7-25-21(31)16-5-3-14(4-6-16)12-30-13-15(11-26-30)9-17-10-18(22)27-20(28-24)19(17)23/h3-6,10,13,26H,7-9,11-12,23-24H2,1-2H3,(H,25,31)(H3,22,27,28). The number of rotatable bonds is 9. The van der Waals surface area contributed by atoms with Gasteiger partial charge in [0.05, 0.1) is 12.2 Å². The van der Waals surface area contributed by atoms with Crippen LogP contribution in [0.5, 0.6) is 0 Å². The molecule has 0 radical (unpaired) electrons. The molecule has 0 spiro atoms. The van der Waals surface area contributed by atoms with Crippen LogP contribution < -0.4 is 33.5 Å². The fourth-order valence-corrected chi connectivity index (χ4v) is 3.31. The van der Waals surface area contributed by atoms with Gasteiger partial charge in [0.2, 0.25) is 0 Å². The number of nitrogens with one attached hydrogen (secondary N) is 3. The molecule has 10 nitrogen and oxygen atoms in total. The van der Waals surface area contributed by atoms with Crippen LogP contribution in [0.15, 0.2) is 42.1 Å². The second-order valence-corrected chi connectivity index (χ2v) is 7.80. The quantitative estimate of drug-likeness (QED) is 0.246. The average molecular weight is 426 g/mol. The topological polar surface area (TPSA) is 151 Å². The summed E-state index contributed by atoms with van der Waals surface area (Å²) in [6.45, 7) is 2.81. The summed E-state index contributed by atoms with van der Waals surface area (Å²) in [4.78, 5) is 18.3. The number of hydrogen-bond acceptors (Lipinski definition) is 9. The van der Waals surface area contributed by atoms with Crippen LogP contribution in [0.1, 0.15) is 21.5 Å². The van der Waals surface area contributed by atoms with Gasteiger partial charge >= 0.3 is 0 Å². The summed E-state index contributed by atoms with van der Waals surface area (Å²) < 4.78 is 0. The number of likely N-dealkylation sites (N-methyl/N-ethyl adjacent to an activating group) is 1. The van der Waals surface area contributed by atoms with Gasteiger partial charge in [-0.15, -0.1) is 0 Å². The summed E-state index contributed by atoms with van der Waals surface area (Å²) in [6, 6.07) is 9.40. The van der Waals surface area contributed by atoms with Gasteiger partial charge in [0, 0.05) is 31.4 Å². The summed E-state index contributed by atoms with van der Waals surface area (Å²) >= 11 is 0. The Bertz CT molecular complexity index is 941. The number of nitrogen functional groups attached to an aromatic ring is 3. The average Bonchev–Trinajstić information content (AvgIpc) is 3.17. The summed E-state index contributed by atoms with van der Waals surface area (Å²) in [5.74, 6) is 6.15. The van der Waals surface area contributed by atoms with Gasteiger partial charge in [-0.1, -0.05) is 12.1 Å². The summed E-state index contributed by atoms with van der Waals surface area (Å²) in [5.41, 5.74) is 22.1.